The highest BCUT2D eigenvalue weighted by atomic mass is 35.5. The Labute approximate surface area is 179 Å². The number of benzene rings is 2. The lowest BCUT2D eigenvalue weighted by atomic mass is 9.94. The van der Waals surface area contributed by atoms with E-state index < -0.39 is 17.8 Å². The van der Waals surface area contributed by atoms with Crippen molar-refractivity contribution in [3.63, 3.8) is 0 Å². The van der Waals surface area contributed by atoms with Gasteiger partial charge in [0.2, 0.25) is 0 Å². The molecule has 1 heterocycles. The molecule has 1 fully saturated rings. The molecule has 2 aromatic rings. The Morgan fingerprint density at radius 3 is 2.30 bits per heavy atom. The van der Waals surface area contributed by atoms with Crippen molar-refractivity contribution in [2.45, 2.75) is 26.1 Å². The average molecular weight is 443 g/mol. The maximum Gasteiger partial charge on any atom is 0.416 e. The lowest BCUT2D eigenvalue weighted by molar-refractivity contribution is -0.137. The van der Waals surface area contributed by atoms with E-state index in [-0.39, 0.29) is 0 Å². The van der Waals surface area contributed by atoms with E-state index in [0.29, 0.717) is 48.4 Å². The molecule has 1 atom stereocenters. The van der Waals surface area contributed by atoms with Crippen molar-refractivity contribution in [2.75, 3.05) is 39.4 Å². The van der Waals surface area contributed by atoms with Crippen molar-refractivity contribution >= 4 is 11.6 Å². The summed E-state index contributed by atoms with van der Waals surface area (Å²) >= 11 is 6.43. The van der Waals surface area contributed by atoms with E-state index in [0.717, 1.165) is 30.8 Å². The third-order valence-corrected chi connectivity index (χ3v) is 5.36. The second-order valence-corrected chi connectivity index (χ2v) is 7.40. The van der Waals surface area contributed by atoms with Gasteiger partial charge in [-0.15, -0.1) is 0 Å². The fourth-order valence-electron chi connectivity index (χ4n) is 3.69. The van der Waals surface area contributed by atoms with E-state index in [1.807, 2.05) is 26.0 Å². The number of halogens is 4. The van der Waals surface area contributed by atoms with Crippen LogP contribution in [0.25, 0.3) is 0 Å². The third kappa shape index (κ3) is 5.20. The fraction of sp³-hybridized carbons (Fsp3) is 0.455. The lowest BCUT2D eigenvalue weighted by Crippen LogP contribution is -2.45. The zero-order valence-corrected chi connectivity index (χ0v) is 17.8. The van der Waals surface area contributed by atoms with Crippen molar-refractivity contribution in [3.05, 3.63) is 58.1 Å². The quantitative estimate of drug-likeness (QED) is 0.643. The van der Waals surface area contributed by atoms with Gasteiger partial charge in [0, 0.05) is 31.2 Å². The molecule has 1 saturated heterocycles. The van der Waals surface area contributed by atoms with Crippen molar-refractivity contribution in [3.8, 4) is 11.5 Å². The number of nitrogens with one attached hydrogen (secondary N) is 1. The topological polar surface area (TPSA) is 33.7 Å². The Morgan fingerprint density at radius 2 is 1.67 bits per heavy atom. The van der Waals surface area contributed by atoms with Gasteiger partial charge in [-0.1, -0.05) is 17.7 Å². The fourth-order valence-corrected chi connectivity index (χ4v) is 3.92. The SMILES string of the molecule is CCOc1ccc(C(c2cc(C(F)(F)F)ccc2Cl)N2CCNCC2)cc1OCC. The molecule has 8 heteroatoms. The highest BCUT2D eigenvalue weighted by Crippen LogP contribution is 2.40. The number of hydrogen-bond acceptors (Lipinski definition) is 4. The first-order chi connectivity index (χ1) is 14.3. The Kier molecular flexibility index (Phi) is 7.50. The minimum Gasteiger partial charge on any atom is -0.490 e. The van der Waals surface area contributed by atoms with Crippen LogP contribution in [-0.2, 0) is 6.18 Å². The second-order valence-electron chi connectivity index (χ2n) is 6.99. The van der Waals surface area contributed by atoms with Crippen molar-refractivity contribution in [1.82, 2.24) is 10.2 Å². The molecule has 1 aliphatic rings. The molecular weight excluding hydrogens is 417 g/mol. The first-order valence-corrected chi connectivity index (χ1v) is 10.4. The molecule has 1 N–H and O–H groups in total. The molecule has 0 radical (unpaired) electrons. The Balaban J connectivity index is 2.12. The van der Waals surface area contributed by atoms with E-state index in [1.54, 1.807) is 6.07 Å². The Hall–Kier alpha value is -1.96. The summed E-state index contributed by atoms with van der Waals surface area (Å²) in [5.41, 5.74) is 0.531. The van der Waals surface area contributed by atoms with E-state index in [1.165, 1.54) is 6.07 Å². The van der Waals surface area contributed by atoms with Crippen LogP contribution in [0.5, 0.6) is 11.5 Å². The Morgan fingerprint density at radius 1 is 1.00 bits per heavy atom. The number of alkyl halides is 3. The second kappa shape index (κ2) is 9.90. The van der Waals surface area contributed by atoms with Gasteiger partial charge in [-0.25, -0.2) is 0 Å². The van der Waals surface area contributed by atoms with Crippen molar-refractivity contribution < 1.29 is 22.6 Å². The van der Waals surface area contributed by atoms with E-state index in [4.69, 9.17) is 21.1 Å². The number of nitrogens with zero attached hydrogens (tertiary/aromatic N) is 1. The molecule has 0 spiro atoms. The van der Waals surface area contributed by atoms with Crippen LogP contribution in [0, 0.1) is 0 Å². The largest absolute Gasteiger partial charge is 0.490 e. The first kappa shape index (κ1) is 22.7. The summed E-state index contributed by atoms with van der Waals surface area (Å²) < 4.78 is 51.6. The smallest absolute Gasteiger partial charge is 0.416 e. The van der Waals surface area contributed by atoms with E-state index >= 15 is 0 Å². The monoisotopic (exact) mass is 442 g/mol. The van der Waals surface area contributed by atoms with E-state index in [2.05, 4.69) is 10.2 Å². The van der Waals surface area contributed by atoms with Gasteiger partial charge in [-0.3, -0.25) is 4.90 Å². The van der Waals surface area contributed by atoms with Crippen LogP contribution in [-0.4, -0.2) is 44.3 Å². The van der Waals surface area contributed by atoms with Gasteiger partial charge in [0.25, 0.3) is 0 Å². The minimum atomic E-state index is -4.44. The molecule has 4 nitrogen and oxygen atoms in total. The molecule has 3 rings (SSSR count). The summed E-state index contributed by atoms with van der Waals surface area (Å²) in [7, 11) is 0. The van der Waals surface area contributed by atoms with Gasteiger partial charge in [-0.05, 0) is 55.3 Å². The van der Waals surface area contributed by atoms with Gasteiger partial charge in [0.15, 0.2) is 11.5 Å². The molecule has 1 unspecified atom stereocenters. The molecule has 1 aliphatic heterocycles. The van der Waals surface area contributed by atoms with Crippen LogP contribution in [0.15, 0.2) is 36.4 Å². The molecule has 0 bridgehead atoms. The summed E-state index contributed by atoms with van der Waals surface area (Å²) in [4.78, 5) is 2.14. The predicted molar refractivity (Wildman–Crippen MR) is 112 cm³/mol. The van der Waals surface area contributed by atoms with E-state index in [9.17, 15) is 13.2 Å². The highest BCUT2D eigenvalue weighted by Gasteiger charge is 2.33. The molecular formula is C22H26ClF3N2O2. The first-order valence-electron chi connectivity index (χ1n) is 10.1. The maximum atomic E-state index is 13.4. The third-order valence-electron chi connectivity index (χ3n) is 5.02. The minimum absolute atomic E-state index is 0.304. The van der Waals surface area contributed by atoms with Gasteiger partial charge in [0.05, 0.1) is 24.8 Å². The summed E-state index contributed by atoms with van der Waals surface area (Å²) in [6.45, 7) is 7.58. The van der Waals surface area contributed by atoms with Crippen molar-refractivity contribution in [1.29, 1.82) is 0 Å². The van der Waals surface area contributed by atoms with Crippen LogP contribution in [0.3, 0.4) is 0 Å². The zero-order chi connectivity index (χ0) is 21.7. The van der Waals surface area contributed by atoms with Crippen LogP contribution in [0.2, 0.25) is 5.02 Å². The molecule has 164 valence electrons. The molecule has 0 aliphatic carbocycles. The summed E-state index contributed by atoms with van der Waals surface area (Å²) in [5.74, 6) is 1.18. The number of rotatable bonds is 7. The number of ether oxygens (including phenoxy) is 2. The van der Waals surface area contributed by atoms with Gasteiger partial charge in [-0.2, -0.15) is 13.2 Å². The van der Waals surface area contributed by atoms with Gasteiger partial charge < -0.3 is 14.8 Å². The average Bonchev–Trinajstić information content (AvgIpc) is 2.72. The zero-order valence-electron chi connectivity index (χ0n) is 17.1. The summed E-state index contributed by atoms with van der Waals surface area (Å²) in [6, 6.07) is 8.59. The van der Waals surface area contributed by atoms with Gasteiger partial charge >= 0.3 is 6.18 Å². The molecule has 0 aromatic heterocycles. The van der Waals surface area contributed by atoms with Crippen LogP contribution < -0.4 is 14.8 Å². The normalized spacial score (nSPS) is 16.3. The van der Waals surface area contributed by atoms with Crippen LogP contribution in [0.1, 0.15) is 36.6 Å². The van der Waals surface area contributed by atoms with Crippen LogP contribution in [0.4, 0.5) is 13.2 Å². The molecule has 0 saturated carbocycles. The molecule has 0 amide bonds. The standard InChI is InChI=1S/C22H26ClF3N2O2/c1-3-29-19-8-5-15(13-20(19)30-4-2)21(28-11-9-27-10-12-28)17-14-16(22(24,25)26)6-7-18(17)23/h5-8,13-14,21,27H,3-4,9-12H2,1-2H3. The lowest BCUT2D eigenvalue weighted by Gasteiger charge is -2.36. The Bertz CT molecular complexity index is 855. The van der Waals surface area contributed by atoms with Gasteiger partial charge in [0.1, 0.15) is 0 Å². The van der Waals surface area contributed by atoms with Crippen molar-refractivity contribution in [2.24, 2.45) is 0 Å². The molecule has 30 heavy (non-hydrogen) atoms. The maximum absolute atomic E-state index is 13.4. The molecule has 2 aromatic carbocycles. The summed E-state index contributed by atoms with van der Waals surface area (Å²) in [5, 5.41) is 3.59. The highest BCUT2D eigenvalue weighted by molar-refractivity contribution is 6.31. The number of hydrogen-bond donors (Lipinski definition) is 1. The van der Waals surface area contributed by atoms with Crippen LogP contribution >= 0.6 is 11.6 Å². The number of piperazine rings is 1. The summed E-state index contributed by atoms with van der Waals surface area (Å²) in [6.07, 6.45) is -4.44. The predicted octanol–water partition coefficient (Wildman–Crippen LogP) is 5.15.